The minimum atomic E-state index is -0.750. The van der Waals surface area contributed by atoms with Gasteiger partial charge in [0.1, 0.15) is 0 Å². The summed E-state index contributed by atoms with van der Waals surface area (Å²) in [5, 5.41) is 11.4. The minimum absolute atomic E-state index is 0.0718. The van der Waals surface area contributed by atoms with Crippen LogP contribution in [0, 0.1) is 5.92 Å². The van der Waals surface area contributed by atoms with Crippen molar-refractivity contribution in [3.05, 3.63) is 69.7 Å². The van der Waals surface area contributed by atoms with Crippen LogP contribution in [0.25, 0.3) is 11.0 Å². The van der Waals surface area contributed by atoms with Crippen molar-refractivity contribution in [2.75, 3.05) is 11.9 Å². The predicted molar refractivity (Wildman–Crippen MR) is 131 cm³/mol. The monoisotopic (exact) mass is 485 g/mol. The zero-order chi connectivity index (χ0) is 23.5. The van der Waals surface area contributed by atoms with E-state index in [0.29, 0.717) is 21.9 Å². The normalized spacial score (nSPS) is 16.3. The van der Waals surface area contributed by atoms with Crippen LogP contribution in [0.5, 0.6) is 0 Å². The average Bonchev–Trinajstić information content (AvgIpc) is 3.31. The molecule has 1 fully saturated rings. The second-order valence-electron chi connectivity index (χ2n) is 8.41. The summed E-state index contributed by atoms with van der Waals surface area (Å²) < 4.78 is 0. The van der Waals surface area contributed by atoms with Crippen LogP contribution in [-0.4, -0.2) is 34.2 Å². The zero-order valence-corrected chi connectivity index (χ0v) is 19.7. The number of halogens is 2. The number of hydrogen-bond donors (Lipinski definition) is 2. The molecule has 2 N–H and O–H groups in total. The third-order valence-corrected chi connectivity index (χ3v) is 7.10. The van der Waals surface area contributed by atoms with Crippen LogP contribution >= 0.6 is 23.2 Å². The number of nitrogens with one attached hydrogen (secondary N) is 1. The number of aromatic nitrogens is 2. The maximum atomic E-state index is 13.7. The van der Waals surface area contributed by atoms with Crippen molar-refractivity contribution in [1.29, 1.82) is 0 Å². The smallest absolute Gasteiger partial charge is 0.184 e. The number of rotatable bonds is 7. The lowest BCUT2D eigenvalue weighted by atomic mass is 9.80. The molecule has 1 aliphatic carbocycles. The van der Waals surface area contributed by atoms with Crippen molar-refractivity contribution in [3.63, 3.8) is 0 Å². The number of ketones is 1. The first-order valence-corrected chi connectivity index (χ1v) is 11.7. The van der Waals surface area contributed by atoms with Gasteiger partial charge in [-0.1, -0.05) is 48.5 Å². The summed E-state index contributed by atoms with van der Waals surface area (Å²) in [6.07, 6.45) is 6.43. The highest BCUT2D eigenvalue weighted by atomic mass is 35.5. The van der Waals surface area contributed by atoms with E-state index in [1.165, 1.54) is 0 Å². The number of Topliss-reactive ketones (excluding diaryl/α,β-unsaturated/α-hetero) is 1. The third-order valence-electron chi connectivity index (χ3n) is 6.36. The van der Waals surface area contributed by atoms with Crippen molar-refractivity contribution < 1.29 is 14.7 Å². The molecule has 4 rings (SSSR count). The van der Waals surface area contributed by atoms with Crippen molar-refractivity contribution in [1.82, 2.24) is 9.97 Å². The number of likely N-dealkylation sites (N-methyl/N-ethyl adjacent to an activating group) is 1. The van der Waals surface area contributed by atoms with E-state index in [1.807, 2.05) is 30.1 Å². The lowest BCUT2D eigenvalue weighted by molar-refractivity contribution is -0.121. The molecule has 1 unspecified atom stereocenters. The molecule has 6 nitrogen and oxygen atoms in total. The summed E-state index contributed by atoms with van der Waals surface area (Å²) in [6.45, 7) is 0. The van der Waals surface area contributed by atoms with Crippen LogP contribution in [0.3, 0.4) is 0 Å². The van der Waals surface area contributed by atoms with Crippen LogP contribution in [0.1, 0.15) is 43.7 Å². The second kappa shape index (κ2) is 9.98. The Labute approximate surface area is 202 Å². The fourth-order valence-electron chi connectivity index (χ4n) is 4.61. The third kappa shape index (κ3) is 4.77. The number of aliphatic hydroxyl groups excluding tert-OH is 1. The molecule has 0 bridgehead atoms. The molecule has 0 aliphatic heterocycles. The van der Waals surface area contributed by atoms with Crippen LogP contribution in [0.15, 0.2) is 54.1 Å². The molecule has 33 heavy (non-hydrogen) atoms. The number of aromatic amines is 1. The Hall–Kier alpha value is -2.83. The van der Waals surface area contributed by atoms with Gasteiger partial charge in [0.05, 0.1) is 39.0 Å². The quantitative estimate of drug-likeness (QED) is 0.236. The number of allylic oxidation sites excluding steroid dienone is 1. The number of nitrogens with zero attached hydrogens (tertiary/aromatic N) is 2. The van der Waals surface area contributed by atoms with E-state index in [1.54, 1.807) is 24.5 Å². The van der Waals surface area contributed by atoms with E-state index in [9.17, 15) is 14.7 Å². The van der Waals surface area contributed by atoms with Crippen molar-refractivity contribution in [2.45, 2.75) is 38.1 Å². The van der Waals surface area contributed by atoms with E-state index in [-0.39, 0.29) is 17.3 Å². The summed E-state index contributed by atoms with van der Waals surface area (Å²) in [7, 11) is 1.82. The number of carbonyl (C=O) groups is 2. The Morgan fingerprint density at radius 1 is 1.15 bits per heavy atom. The standard InChI is InChI=1S/C25H25Cl2N3O3/c1-30(17-8-10-20-21(12-17)29-14-28-20)24(16-7-9-18(26)19(27)11-16)23(22(32)13-31)25(33)15-5-3-2-4-6-15/h7-15,24,32H,2-6H2,1H3,(H,28,29)/b23-22-. The van der Waals surface area contributed by atoms with Crippen molar-refractivity contribution in [3.8, 4) is 0 Å². The summed E-state index contributed by atoms with van der Waals surface area (Å²) >= 11 is 12.5. The molecule has 1 atom stereocenters. The molecule has 172 valence electrons. The fourth-order valence-corrected chi connectivity index (χ4v) is 4.91. The lowest BCUT2D eigenvalue weighted by Crippen LogP contribution is -2.33. The van der Waals surface area contributed by atoms with Gasteiger partial charge in [-0.15, -0.1) is 0 Å². The molecule has 2 aromatic carbocycles. The Bertz CT molecular complexity index is 1210. The van der Waals surface area contributed by atoms with E-state index in [4.69, 9.17) is 23.2 Å². The number of aldehydes is 1. The number of aliphatic hydroxyl groups is 1. The summed E-state index contributed by atoms with van der Waals surface area (Å²) in [5.41, 5.74) is 3.13. The summed E-state index contributed by atoms with van der Waals surface area (Å²) in [6, 6.07) is 10.00. The van der Waals surface area contributed by atoms with E-state index in [0.717, 1.165) is 48.8 Å². The summed E-state index contributed by atoms with van der Waals surface area (Å²) in [5.74, 6) is -0.995. The predicted octanol–water partition coefficient (Wildman–Crippen LogP) is 6.21. The van der Waals surface area contributed by atoms with Crippen LogP contribution in [0.4, 0.5) is 5.69 Å². The molecular weight excluding hydrogens is 461 g/mol. The largest absolute Gasteiger partial charge is 0.504 e. The Morgan fingerprint density at radius 2 is 1.91 bits per heavy atom. The fraction of sp³-hybridized carbons (Fsp3) is 0.320. The number of H-pyrrole nitrogens is 1. The Balaban J connectivity index is 1.86. The first-order valence-electron chi connectivity index (χ1n) is 10.9. The number of fused-ring (bicyclic) bond motifs is 1. The zero-order valence-electron chi connectivity index (χ0n) is 18.2. The molecule has 3 aromatic rings. The highest BCUT2D eigenvalue weighted by Gasteiger charge is 2.35. The number of hydrogen-bond acceptors (Lipinski definition) is 5. The van der Waals surface area contributed by atoms with Gasteiger partial charge in [0, 0.05) is 18.7 Å². The van der Waals surface area contributed by atoms with Gasteiger partial charge in [-0.3, -0.25) is 9.59 Å². The van der Waals surface area contributed by atoms with Gasteiger partial charge in [0.2, 0.25) is 0 Å². The Kier molecular flexibility index (Phi) is 7.05. The molecular formula is C25H25Cl2N3O3. The highest BCUT2D eigenvalue weighted by molar-refractivity contribution is 6.42. The first kappa shape index (κ1) is 23.3. The van der Waals surface area contributed by atoms with Gasteiger partial charge >= 0.3 is 0 Å². The maximum absolute atomic E-state index is 13.7. The molecule has 8 heteroatoms. The van der Waals surface area contributed by atoms with Gasteiger partial charge < -0.3 is 15.0 Å². The van der Waals surface area contributed by atoms with E-state index in [2.05, 4.69) is 9.97 Å². The number of imidazole rings is 1. The number of anilines is 1. The highest BCUT2D eigenvalue weighted by Crippen LogP contribution is 2.39. The molecule has 0 spiro atoms. The maximum Gasteiger partial charge on any atom is 0.184 e. The SMILES string of the molecule is CN(c1ccc2nc[nH]c2c1)C(/C(C(=O)C1CCCCC1)=C(/O)C=O)c1ccc(Cl)c(Cl)c1. The minimum Gasteiger partial charge on any atom is -0.504 e. The van der Waals surface area contributed by atoms with Gasteiger partial charge in [-0.25, -0.2) is 4.98 Å². The lowest BCUT2D eigenvalue weighted by Gasteiger charge is -2.34. The van der Waals surface area contributed by atoms with Gasteiger partial charge in [0.25, 0.3) is 0 Å². The molecule has 0 radical (unpaired) electrons. The van der Waals surface area contributed by atoms with Crippen LogP contribution < -0.4 is 4.90 Å². The molecule has 0 amide bonds. The number of carbonyl (C=O) groups excluding carboxylic acids is 2. The first-order chi connectivity index (χ1) is 15.9. The summed E-state index contributed by atoms with van der Waals surface area (Å²) in [4.78, 5) is 34.6. The van der Waals surface area contributed by atoms with Crippen molar-refractivity contribution >= 4 is 52.0 Å². The van der Waals surface area contributed by atoms with Gasteiger partial charge in [-0.2, -0.15) is 0 Å². The van der Waals surface area contributed by atoms with Crippen molar-refractivity contribution in [2.24, 2.45) is 5.92 Å². The molecule has 0 saturated heterocycles. The average molecular weight is 486 g/mol. The van der Waals surface area contributed by atoms with E-state index >= 15 is 0 Å². The van der Waals surface area contributed by atoms with Gasteiger partial charge in [-0.05, 0) is 48.7 Å². The van der Waals surface area contributed by atoms with E-state index < -0.39 is 11.8 Å². The van der Waals surface area contributed by atoms with Gasteiger partial charge in [0.15, 0.2) is 17.8 Å². The topological polar surface area (TPSA) is 86.3 Å². The van der Waals surface area contributed by atoms with Crippen LogP contribution in [0.2, 0.25) is 10.0 Å². The molecule has 1 saturated carbocycles. The number of benzene rings is 2. The molecule has 1 aliphatic rings. The molecule has 1 heterocycles. The Morgan fingerprint density at radius 3 is 2.61 bits per heavy atom. The second-order valence-corrected chi connectivity index (χ2v) is 9.22. The molecule has 1 aromatic heterocycles. The van der Waals surface area contributed by atoms with Crippen LogP contribution in [-0.2, 0) is 9.59 Å².